The molecule has 16 heavy (non-hydrogen) atoms. The van der Waals surface area contributed by atoms with Crippen molar-refractivity contribution in [3.63, 3.8) is 0 Å². The highest BCUT2D eigenvalue weighted by Gasteiger charge is 2.06. The van der Waals surface area contributed by atoms with Crippen LogP contribution in [0.15, 0.2) is 42.2 Å². The van der Waals surface area contributed by atoms with Gasteiger partial charge in [0, 0.05) is 0 Å². The Morgan fingerprint density at radius 1 is 1.31 bits per heavy atom. The highest BCUT2D eigenvalue weighted by molar-refractivity contribution is 5.89. The molecule has 1 aromatic rings. The van der Waals surface area contributed by atoms with Gasteiger partial charge in [-0.05, 0) is 25.5 Å². The Kier molecular flexibility index (Phi) is 5.12. The molecule has 0 aliphatic carbocycles. The Bertz CT molecular complexity index is 355. The molecule has 0 N–H and O–H groups in total. The first-order valence-corrected chi connectivity index (χ1v) is 5.29. The van der Waals surface area contributed by atoms with Crippen LogP contribution in [0, 0.1) is 0 Å². The first-order chi connectivity index (χ1) is 7.74. The molecule has 0 heterocycles. The number of rotatable bonds is 5. The summed E-state index contributed by atoms with van der Waals surface area (Å²) >= 11 is 0. The zero-order valence-electron chi connectivity index (χ0n) is 9.60. The van der Waals surface area contributed by atoms with E-state index in [9.17, 15) is 4.79 Å². The second-order valence-electron chi connectivity index (χ2n) is 3.37. The summed E-state index contributed by atoms with van der Waals surface area (Å²) in [5.41, 5.74) is 0.456. The topological polar surface area (TPSA) is 35.5 Å². The molecule has 3 nitrogen and oxygen atoms in total. The zero-order valence-corrected chi connectivity index (χ0v) is 9.60. The summed E-state index contributed by atoms with van der Waals surface area (Å²) < 4.78 is 10.3. The van der Waals surface area contributed by atoms with Crippen LogP contribution in [0.1, 0.15) is 20.3 Å². The fourth-order valence-corrected chi connectivity index (χ4v) is 1.03. The van der Waals surface area contributed by atoms with Crippen molar-refractivity contribution in [3.8, 4) is 5.75 Å². The molecule has 0 saturated carbocycles. The van der Waals surface area contributed by atoms with E-state index in [-0.39, 0.29) is 5.97 Å². The average Bonchev–Trinajstić information content (AvgIpc) is 2.30. The summed E-state index contributed by atoms with van der Waals surface area (Å²) in [6.45, 7) is 4.28. The summed E-state index contributed by atoms with van der Waals surface area (Å²) in [7, 11) is 0. The van der Waals surface area contributed by atoms with Crippen molar-refractivity contribution in [2.45, 2.75) is 20.3 Å². The summed E-state index contributed by atoms with van der Waals surface area (Å²) in [5.74, 6) is 0.151. The Labute approximate surface area is 95.7 Å². The quantitative estimate of drug-likeness (QED) is 0.251. The highest BCUT2D eigenvalue weighted by Crippen LogP contribution is 2.10. The van der Waals surface area contributed by atoms with Crippen LogP contribution in [0.4, 0.5) is 0 Å². The van der Waals surface area contributed by atoms with E-state index in [0.717, 1.165) is 6.42 Å². The lowest BCUT2D eigenvalue weighted by molar-refractivity contribution is -0.130. The van der Waals surface area contributed by atoms with Gasteiger partial charge in [-0.15, -0.1) is 0 Å². The minimum atomic E-state index is -0.387. The fraction of sp³-hybridized carbons (Fsp3) is 0.308. The molecule has 1 rings (SSSR count). The number of hydrogen-bond donors (Lipinski definition) is 0. The van der Waals surface area contributed by atoms with Crippen molar-refractivity contribution < 1.29 is 14.3 Å². The molecule has 1 aromatic carbocycles. The lowest BCUT2D eigenvalue weighted by atomic mass is 10.3. The van der Waals surface area contributed by atoms with E-state index in [2.05, 4.69) is 0 Å². The molecule has 0 atom stereocenters. The van der Waals surface area contributed by atoms with E-state index < -0.39 is 0 Å². The smallest absolute Gasteiger partial charge is 0.342 e. The van der Waals surface area contributed by atoms with E-state index in [0.29, 0.717) is 17.9 Å². The lowest BCUT2D eigenvalue weighted by Gasteiger charge is -2.04. The van der Waals surface area contributed by atoms with Crippen LogP contribution in [0.2, 0.25) is 0 Å². The molecule has 0 bridgehead atoms. The predicted molar refractivity (Wildman–Crippen MR) is 62.1 cm³/mol. The van der Waals surface area contributed by atoms with Crippen molar-refractivity contribution in [1.82, 2.24) is 0 Å². The normalized spacial score (nSPS) is 11.0. The van der Waals surface area contributed by atoms with Gasteiger partial charge in [-0.2, -0.15) is 0 Å². The van der Waals surface area contributed by atoms with Crippen LogP contribution in [-0.4, -0.2) is 12.6 Å². The third-order valence-corrected chi connectivity index (χ3v) is 1.86. The van der Waals surface area contributed by atoms with Crippen molar-refractivity contribution in [1.29, 1.82) is 0 Å². The van der Waals surface area contributed by atoms with Crippen LogP contribution in [0.25, 0.3) is 0 Å². The summed E-state index contributed by atoms with van der Waals surface area (Å²) in [4.78, 5) is 11.5. The number of benzene rings is 1. The maximum absolute atomic E-state index is 11.5. The van der Waals surface area contributed by atoms with Crippen molar-refractivity contribution >= 4 is 5.97 Å². The molecule has 0 aromatic heterocycles. The van der Waals surface area contributed by atoms with Crippen molar-refractivity contribution in [2.75, 3.05) is 6.61 Å². The Hall–Kier alpha value is -1.77. The van der Waals surface area contributed by atoms with Gasteiger partial charge in [-0.1, -0.05) is 25.1 Å². The van der Waals surface area contributed by atoms with Gasteiger partial charge in [0.15, 0.2) is 0 Å². The van der Waals surface area contributed by atoms with Crippen LogP contribution >= 0.6 is 0 Å². The van der Waals surface area contributed by atoms with Gasteiger partial charge in [-0.3, -0.25) is 0 Å². The number of ether oxygens (including phenoxy) is 2. The zero-order chi connectivity index (χ0) is 11.8. The van der Waals surface area contributed by atoms with Gasteiger partial charge >= 0.3 is 5.97 Å². The molecule has 0 spiro atoms. The van der Waals surface area contributed by atoms with Crippen LogP contribution in [0.5, 0.6) is 5.75 Å². The molecular weight excluding hydrogens is 204 g/mol. The molecule has 0 aliphatic heterocycles. The Morgan fingerprint density at radius 2 is 2.00 bits per heavy atom. The third-order valence-electron chi connectivity index (χ3n) is 1.86. The maximum atomic E-state index is 11.5. The van der Waals surface area contributed by atoms with Gasteiger partial charge in [0.2, 0.25) is 0 Å². The van der Waals surface area contributed by atoms with Gasteiger partial charge in [0.05, 0.1) is 18.4 Å². The second kappa shape index (κ2) is 6.67. The van der Waals surface area contributed by atoms with E-state index in [1.807, 2.05) is 25.1 Å². The molecule has 86 valence electrons. The predicted octanol–water partition coefficient (Wildman–Crippen LogP) is 2.92. The van der Waals surface area contributed by atoms with Gasteiger partial charge in [-0.25, -0.2) is 4.79 Å². The number of esters is 1. The molecule has 3 heteroatoms. The van der Waals surface area contributed by atoms with Crippen molar-refractivity contribution in [2.24, 2.45) is 0 Å². The largest absolute Gasteiger partial charge is 0.501 e. The fourth-order valence-electron chi connectivity index (χ4n) is 1.03. The summed E-state index contributed by atoms with van der Waals surface area (Å²) in [6, 6.07) is 8.96. The Morgan fingerprint density at radius 3 is 2.62 bits per heavy atom. The maximum Gasteiger partial charge on any atom is 0.342 e. The number of para-hydroxylation sites is 1. The molecule has 0 fully saturated rings. The van der Waals surface area contributed by atoms with Crippen LogP contribution in [0.3, 0.4) is 0 Å². The van der Waals surface area contributed by atoms with E-state index in [4.69, 9.17) is 9.47 Å². The third kappa shape index (κ3) is 4.17. The van der Waals surface area contributed by atoms with Crippen LogP contribution in [-0.2, 0) is 9.53 Å². The first-order valence-electron chi connectivity index (χ1n) is 5.29. The molecular formula is C13H16O3. The molecule has 0 amide bonds. The van der Waals surface area contributed by atoms with Gasteiger partial charge in [0.1, 0.15) is 5.75 Å². The lowest BCUT2D eigenvalue weighted by Crippen LogP contribution is -2.09. The molecule has 0 unspecified atom stereocenters. The van der Waals surface area contributed by atoms with E-state index >= 15 is 0 Å². The summed E-state index contributed by atoms with van der Waals surface area (Å²) in [5, 5.41) is 0. The molecule has 0 aliphatic rings. The monoisotopic (exact) mass is 220 g/mol. The number of hydrogen-bond acceptors (Lipinski definition) is 3. The minimum absolute atomic E-state index is 0.387. The van der Waals surface area contributed by atoms with E-state index in [1.165, 1.54) is 6.26 Å². The Balaban J connectivity index is 2.49. The average molecular weight is 220 g/mol. The number of carbonyl (C=O) groups excluding carboxylic acids is 1. The molecule has 0 radical (unpaired) electrons. The van der Waals surface area contributed by atoms with Crippen molar-refractivity contribution in [3.05, 3.63) is 42.2 Å². The van der Waals surface area contributed by atoms with E-state index in [1.54, 1.807) is 19.1 Å². The summed E-state index contributed by atoms with van der Waals surface area (Å²) in [6.07, 6.45) is 2.35. The second-order valence-corrected chi connectivity index (χ2v) is 3.37. The standard InChI is InChI=1S/C13H16O3/c1-3-9-15-10-11(2)13(14)16-12-7-5-4-6-8-12/h4-8,10H,3,9H2,1-2H3. The SMILES string of the molecule is CCCOC=C(C)C(=O)Oc1ccccc1. The minimum Gasteiger partial charge on any atom is -0.501 e. The first kappa shape index (κ1) is 12.3. The highest BCUT2D eigenvalue weighted by atomic mass is 16.5. The molecule has 0 saturated heterocycles. The van der Waals surface area contributed by atoms with Gasteiger partial charge in [0.25, 0.3) is 0 Å². The van der Waals surface area contributed by atoms with Gasteiger partial charge < -0.3 is 9.47 Å². The van der Waals surface area contributed by atoms with Crippen LogP contribution < -0.4 is 4.74 Å². The number of carbonyl (C=O) groups is 1.